The Balaban J connectivity index is 2.95. The van der Waals surface area contributed by atoms with Crippen molar-refractivity contribution in [3.8, 4) is 11.5 Å². The van der Waals surface area contributed by atoms with Gasteiger partial charge in [0.25, 0.3) is 0 Å². The van der Waals surface area contributed by atoms with Gasteiger partial charge >= 0.3 is 0 Å². The van der Waals surface area contributed by atoms with E-state index in [4.69, 9.17) is 8.92 Å². The van der Waals surface area contributed by atoms with Crippen LogP contribution in [0.25, 0.3) is 0 Å². The molecule has 0 aliphatic heterocycles. The van der Waals surface area contributed by atoms with E-state index in [1.165, 1.54) is 12.0 Å². The van der Waals surface area contributed by atoms with Gasteiger partial charge in [-0.25, -0.2) is 0 Å². The van der Waals surface area contributed by atoms with Crippen molar-refractivity contribution in [2.24, 2.45) is 0 Å². The lowest BCUT2D eigenvalue weighted by molar-refractivity contribution is 0.399. The van der Waals surface area contributed by atoms with Gasteiger partial charge in [0, 0.05) is 10.7 Å². The van der Waals surface area contributed by atoms with Gasteiger partial charge in [-0.2, -0.15) is 0 Å². The van der Waals surface area contributed by atoms with Gasteiger partial charge in [0.2, 0.25) is 0 Å². The fraction of sp³-hybridized carbons (Fsp3) is 0.250. The Labute approximate surface area is 84.6 Å². The van der Waals surface area contributed by atoms with Crippen molar-refractivity contribution in [2.75, 3.05) is 13.4 Å². The first-order valence-electron chi connectivity index (χ1n) is 3.32. The quantitative estimate of drug-likeness (QED) is 0.767. The van der Waals surface area contributed by atoms with Crippen LogP contribution in [0, 0.1) is 0 Å². The molecule has 0 spiro atoms. The summed E-state index contributed by atoms with van der Waals surface area (Å²) in [7, 11) is 1.62. The second-order valence-corrected chi connectivity index (χ2v) is 3.46. The predicted molar refractivity (Wildman–Crippen MR) is 54.8 cm³/mol. The molecule has 0 atom stereocenters. The van der Waals surface area contributed by atoms with Crippen LogP contribution < -0.4 is 8.92 Å². The number of methoxy groups -OCH3 is 1. The molecule has 66 valence electrons. The summed E-state index contributed by atoms with van der Waals surface area (Å²) >= 11 is 4.64. The Kier molecular flexibility index (Phi) is 3.75. The Morgan fingerprint density at radius 3 is 2.67 bits per heavy atom. The Morgan fingerprint density at radius 2 is 2.08 bits per heavy atom. The average molecular weight is 249 g/mol. The molecule has 0 saturated heterocycles. The monoisotopic (exact) mass is 248 g/mol. The lowest BCUT2D eigenvalue weighted by Gasteiger charge is -2.07. The molecule has 0 saturated carbocycles. The first kappa shape index (κ1) is 9.74. The largest absolute Gasteiger partial charge is 0.493 e. The number of ether oxygens (including phenoxy) is 1. The van der Waals surface area contributed by atoms with Gasteiger partial charge in [0.05, 0.1) is 19.2 Å². The molecular weight excluding hydrogens is 240 g/mol. The maximum atomic E-state index is 5.27. The van der Waals surface area contributed by atoms with E-state index >= 15 is 0 Å². The van der Waals surface area contributed by atoms with Gasteiger partial charge in [-0.1, -0.05) is 15.9 Å². The number of benzene rings is 1. The molecule has 0 radical (unpaired) electrons. The molecule has 0 aliphatic carbocycles. The Bertz CT molecular complexity index is 265. The number of hydrogen-bond acceptors (Lipinski definition) is 3. The van der Waals surface area contributed by atoms with E-state index in [1.807, 2.05) is 24.5 Å². The summed E-state index contributed by atoms with van der Waals surface area (Å²) in [6, 6.07) is 5.64. The van der Waals surface area contributed by atoms with Crippen molar-refractivity contribution in [1.82, 2.24) is 0 Å². The molecular formula is C8H9BrO2S. The maximum Gasteiger partial charge on any atom is 0.180 e. The highest BCUT2D eigenvalue weighted by Crippen LogP contribution is 2.31. The molecule has 0 heterocycles. The number of rotatable bonds is 3. The van der Waals surface area contributed by atoms with Crippen molar-refractivity contribution >= 4 is 28.0 Å². The van der Waals surface area contributed by atoms with E-state index in [-0.39, 0.29) is 0 Å². The highest BCUT2D eigenvalue weighted by atomic mass is 79.9. The second kappa shape index (κ2) is 4.62. The molecule has 4 heteroatoms. The van der Waals surface area contributed by atoms with E-state index in [2.05, 4.69) is 15.9 Å². The minimum absolute atomic E-state index is 0.736. The smallest absolute Gasteiger partial charge is 0.180 e. The van der Waals surface area contributed by atoms with Crippen molar-refractivity contribution in [3.05, 3.63) is 22.7 Å². The predicted octanol–water partition coefficient (Wildman–Crippen LogP) is 3.11. The zero-order valence-corrected chi connectivity index (χ0v) is 9.24. The van der Waals surface area contributed by atoms with Crippen molar-refractivity contribution in [2.45, 2.75) is 0 Å². The fourth-order valence-corrected chi connectivity index (χ4v) is 1.46. The van der Waals surface area contributed by atoms with Gasteiger partial charge in [-0.15, -0.1) is 0 Å². The molecule has 1 rings (SSSR count). The second-order valence-electron chi connectivity index (χ2n) is 2.05. The molecule has 0 unspecified atom stereocenters. The van der Waals surface area contributed by atoms with Crippen LogP contribution in [0.2, 0.25) is 0 Å². The topological polar surface area (TPSA) is 18.5 Å². The molecule has 0 aromatic heterocycles. The van der Waals surface area contributed by atoms with E-state index in [9.17, 15) is 0 Å². The van der Waals surface area contributed by atoms with Gasteiger partial charge < -0.3 is 8.92 Å². The van der Waals surface area contributed by atoms with Crippen LogP contribution in [0.1, 0.15) is 0 Å². The van der Waals surface area contributed by atoms with Crippen LogP contribution in [0.4, 0.5) is 0 Å². The van der Waals surface area contributed by atoms with Crippen LogP contribution in [0.15, 0.2) is 22.7 Å². The third kappa shape index (κ3) is 2.32. The first-order valence-corrected chi connectivity index (χ1v) is 5.26. The Morgan fingerprint density at radius 1 is 1.33 bits per heavy atom. The summed E-state index contributed by atoms with van der Waals surface area (Å²) in [5.41, 5.74) is 0. The number of hydrogen-bond donors (Lipinski definition) is 0. The molecule has 1 aromatic rings. The van der Waals surface area contributed by atoms with E-state index < -0.39 is 0 Å². The normalized spacial score (nSPS) is 9.58. The van der Waals surface area contributed by atoms with Crippen molar-refractivity contribution in [1.29, 1.82) is 0 Å². The van der Waals surface area contributed by atoms with Gasteiger partial charge in [0.15, 0.2) is 11.5 Å². The van der Waals surface area contributed by atoms with Crippen LogP contribution in [-0.4, -0.2) is 13.4 Å². The fourth-order valence-electron chi connectivity index (χ4n) is 0.805. The molecule has 0 amide bonds. The highest BCUT2D eigenvalue weighted by Gasteiger charge is 2.03. The van der Waals surface area contributed by atoms with E-state index in [0.29, 0.717) is 0 Å². The zero-order chi connectivity index (χ0) is 8.97. The standard InChI is InChI=1S/C8H9BrO2S/c1-10-7-4-3-6(9)5-8(7)11-12-2/h3-5H,1-2H3. The van der Waals surface area contributed by atoms with Crippen LogP contribution >= 0.6 is 28.0 Å². The van der Waals surface area contributed by atoms with Gasteiger partial charge in [0.1, 0.15) is 0 Å². The molecule has 2 nitrogen and oxygen atoms in total. The van der Waals surface area contributed by atoms with Gasteiger partial charge in [-0.05, 0) is 18.2 Å². The lowest BCUT2D eigenvalue weighted by atomic mass is 10.3. The average Bonchev–Trinajstić information content (AvgIpc) is 2.05. The molecule has 0 fully saturated rings. The molecule has 0 aliphatic rings. The highest BCUT2D eigenvalue weighted by molar-refractivity contribution is 9.10. The van der Waals surface area contributed by atoms with Gasteiger partial charge in [-0.3, -0.25) is 0 Å². The third-order valence-corrected chi connectivity index (χ3v) is 2.14. The summed E-state index contributed by atoms with van der Waals surface area (Å²) < 4.78 is 11.3. The zero-order valence-electron chi connectivity index (χ0n) is 6.83. The molecule has 1 aromatic carbocycles. The van der Waals surface area contributed by atoms with E-state index in [1.54, 1.807) is 7.11 Å². The SMILES string of the molecule is COc1ccc(Br)cc1OSC. The summed E-state index contributed by atoms with van der Waals surface area (Å²) in [6.07, 6.45) is 1.86. The van der Waals surface area contributed by atoms with Crippen LogP contribution in [0.5, 0.6) is 11.5 Å². The number of halogens is 1. The molecule has 0 N–H and O–H groups in total. The summed E-state index contributed by atoms with van der Waals surface area (Å²) in [5, 5.41) is 0. The van der Waals surface area contributed by atoms with Crippen LogP contribution in [-0.2, 0) is 0 Å². The lowest BCUT2D eigenvalue weighted by Crippen LogP contribution is -1.87. The Hall–Kier alpha value is -0.350. The summed E-state index contributed by atoms with van der Waals surface area (Å²) in [5.74, 6) is 1.48. The first-order chi connectivity index (χ1) is 5.77. The van der Waals surface area contributed by atoms with E-state index in [0.717, 1.165) is 16.0 Å². The van der Waals surface area contributed by atoms with Crippen LogP contribution in [0.3, 0.4) is 0 Å². The minimum Gasteiger partial charge on any atom is -0.493 e. The molecule has 12 heavy (non-hydrogen) atoms. The van der Waals surface area contributed by atoms with Crippen molar-refractivity contribution in [3.63, 3.8) is 0 Å². The summed E-state index contributed by atoms with van der Waals surface area (Å²) in [4.78, 5) is 0. The minimum atomic E-state index is 0.736. The maximum absolute atomic E-state index is 5.27. The van der Waals surface area contributed by atoms with Crippen molar-refractivity contribution < 1.29 is 8.92 Å². The summed E-state index contributed by atoms with van der Waals surface area (Å²) in [6.45, 7) is 0. The molecule has 0 bridgehead atoms. The third-order valence-electron chi connectivity index (χ3n) is 1.30.